The SMILES string of the molecule is CC(C)(C)SCC1SCC(SC(C)(C)C)S1. The summed E-state index contributed by atoms with van der Waals surface area (Å²) >= 11 is 8.57. The van der Waals surface area contributed by atoms with E-state index in [4.69, 9.17) is 0 Å². The molecule has 0 bridgehead atoms. The molecular weight excluding hydrogens is 272 g/mol. The Morgan fingerprint density at radius 2 is 1.69 bits per heavy atom. The monoisotopic (exact) mass is 296 g/mol. The topological polar surface area (TPSA) is 0 Å². The molecule has 1 aliphatic heterocycles. The zero-order chi connectivity index (χ0) is 12.4. The molecule has 16 heavy (non-hydrogen) atoms. The fraction of sp³-hybridized carbons (Fsp3) is 1.00. The fourth-order valence-electron chi connectivity index (χ4n) is 1.30. The van der Waals surface area contributed by atoms with Gasteiger partial charge in [0.2, 0.25) is 0 Å². The van der Waals surface area contributed by atoms with E-state index in [1.54, 1.807) is 0 Å². The van der Waals surface area contributed by atoms with Gasteiger partial charge in [-0.15, -0.1) is 35.3 Å². The number of hydrogen-bond donors (Lipinski definition) is 0. The lowest BCUT2D eigenvalue weighted by Gasteiger charge is -2.22. The zero-order valence-corrected chi connectivity index (χ0v) is 14.5. The van der Waals surface area contributed by atoms with Gasteiger partial charge < -0.3 is 0 Å². The summed E-state index contributed by atoms with van der Waals surface area (Å²) in [7, 11) is 0. The third kappa shape index (κ3) is 6.97. The molecule has 0 radical (unpaired) electrons. The van der Waals surface area contributed by atoms with Crippen LogP contribution in [0.5, 0.6) is 0 Å². The number of hydrogen-bond acceptors (Lipinski definition) is 4. The Hall–Kier alpha value is 1.40. The molecule has 1 saturated heterocycles. The third-order valence-corrected chi connectivity index (χ3v) is 8.57. The molecule has 0 aliphatic carbocycles. The predicted molar refractivity (Wildman–Crippen MR) is 87.2 cm³/mol. The molecule has 0 amide bonds. The molecule has 0 aromatic heterocycles. The first kappa shape index (κ1) is 15.5. The zero-order valence-electron chi connectivity index (χ0n) is 11.2. The first-order valence-electron chi connectivity index (χ1n) is 5.74. The van der Waals surface area contributed by atoms with Crippen LogP contribution in [-0.2, 0) is 0 Å². The molecule has 0 nitrogen and oxygen atoms in total. The van der Waals surface area contributed by atoms with E-state index < -0.39 is 0 Å². The lowest BCUT2D eigenvalue weighted by Crippen LogP contribution is -2.14. The van der Waals surface area contributed by atoms with Crippen molar-refractivity contribution in [3.05, 3.63) is 0 Å². The van der Waals surface area contributed by atoms with Gasteiger partial charge in [-0.25, -0.2) is 0 Å². The normalized spacial score (nSPS) is 27.4. The van der Waals surface area contributed by atoms with Gasteiger partial charge in [0, 0.05) is 21.0 Å². The van der Waals surface area contributed by atoms with Gasteiger partial charge in [-0.3, -0.25) is 0 Å². The summed E-state index contributed by atoms with van der Waals surface area (Å²) in [5.41, 5.74) is 0. The van der Waals surface area contributed by atoms with E-state index in [1.807, 2.05) is 0 Å². The molecule has 1 heterocycles. The molecule has 1 rings (SSSR count). The largest absolute Gasteiger partial charge is 0.154 e. The van der Waals surface area contributed by atoms with Crippen LogP contribution in [0.4, 0.5) is 0 Å². The van der Waals surface area contributed by atoms with Gasteiger partial charge in [0.25, 0.3) is 0 Å². The lowest BCUT2D eigenvalue weighted by atomic mass is 10.3. The molecule has 0 aromatic carbocycles. The molecule has 0 N–H and O–H groups in total. The van der Waals surface area contributed by atoms with Crippen molar-refractivity contribution in [3.63, 3.8) is 0 Å². The van der Waals surface area contributed by atoms with Gasteiger partial charge in [-0.2, -0.15) is 11.8 Å². The molecule has 4 heteroatoms. The van der Waals surface area contributed by atoms with Crippen LogP contribution in [0.15, 0.2) is 0 Å². The minimum Gasteiger partial charge on any atom is -0.154 e. The van der Waals surface area contributed by atoms with Crippen LogP contribution in [0, 0.1) is 0 Å². The second-order valence-corrected chi connectivity index (χ2v) is 13.1. The summed E-state index contributed by atoms with van der Waals surface area (Å²) < 4.78 is 2.43. The fourth-order valence-corrected chi connectivity index (χ4v) is 8.25. The van der Waals surface area contributed by atoms with Crippen molar-refractivity contribution in [1.29, 1.82) is 0 Å². The first-order valence-corrected chi connectivity index (χ1v) is 9.60. The highest BCUT2D eigenvalue weighted by Crippen LogP contribution is 2.48. The summed E-state index contributed by atoms with van der Waals surface area (Å²) in [6, 6.07) is 0. The molecule has 0 spiro atoms. The quantitative estimate of drug-likeness (QED) is 0.703. The highest BCUT2D eigenvalue weighted by molar-refractivity contribution is 8.28. The van der Waals surface area contributed by atoms with Crippen LogP contribution in [0.25, 0.3) is 0 Å². The Morgan fingerprint density at radius 3 is 2.19 bits per heavy atom. The maximum atomic E-state index is 2.32. The van der Waals surface area contributed by atoms with Crippen LogP contribution >= 0.6 is 47.0 Å². The van der Waals surface area contributed by atoms with Gasteiger partial charge >= 0.3 is 0 Å². The summed E-state index contributed by atoms with van der Waals surface area (Å²) in [6.07, 6.45) is 0. The number of thioether (sulfide) groups is 4. The highest BCUT2D eigenvalue weighted by Gasteiger charge is 2.30. The van der Waals surface area contributed by atoms with Gasteiger partial charge in [-0.05, 0) is 0 Å². The van der Waals surface area contributed by atoms with E-state index in [-0.39, 0.29) is 0 Å². The Balaban J connectivity index is 2.25. The average Bonchev–Trinajstić information content (AvgIpc) is 2.44. The van der Waals surface area contributed by atoms with Crippen molar-refractivity contribution in [3.8, 4) is 0 Å². The van der Waals surface area contributed by atoms with Gasteiger partial charge in [0.15, 0.2) is 0 Å². The maximum Gasteiger partial charge on any atom is 0.0609 e. The second kappa shape index (κ2) is 6.03. The van der Waals surface area contributed by atoms with Crippen molar-refractivity contribution in [2.24, 2.45) is 0 Å². The van der Waals surface area contributed by atoms with E-state index >= 15 is 0 Å². The minimum atomic E-state index is 0.407. The summed E-state index contributed by atoms with van der Waals surface area (Å²) in [5.74, 6) is 2.61. The summed E-state index contributed by atoms with van der Waals surface area (Å²) in [6.45, 7) is 13.9. The van der Waals surface area contributed by atoms with Gasteiger partial charge in [-0.1, -0.05) is 41.5 Å². The van der Waals surface area contributed by atoms with E-state index in [2.05, 4.69) is 88.6 Å². The maximum absolute atomic E-state index is 2.32. The Bertz CT molecular complexity index is 214. The Labute approximate surface area is 118 Å². The molecule has 0 saturated carbocycles. The Kier molecular flexibility index (Phi) is 5.82. The molecule has 2 atom stereocenters. The smallest absolute Gasteiger partial charge is 0.0609 e. The first-order chi connectivity index (χ1) is 7.16. The van der Waals surface area contributed by atoms with E-state index in [0.717, 1.165) is 9.16 Å². The van der Waals surface area contributed by atoms with Crippen LogP contribution in [0.3, 0.4) is 0 Å². The predicted octanol–water partition coefficient (Wildman–Crippen LogP) is 5.18. The summed E-state index contributed by atoms with van der Waals surface area (Å²) in [5, 5.41) is 0. The van der Waals surface area contributed by atoms with Crippen molar-refractivity contribution >= 4 is 47.0 Å². The molecule has 2 unspecified atom stereocenters. The van der Waals surface area contributed by atoms with E-state index in [0.29, 0.717) is 9.49 Å². The molecule has 1 aliphatic rings. The van der Waals surface area contributed by atoms with Crippen molar-refractivity contribution in [1.82, 2.24) is 0 Å². The van der Waals surface area contributed by atoms with E-state index in [1.165, 1.54) is 11.5 Å². The van der Waals surface area contributed by atoms with Gasteiger partial charge in [0.1, 0.15) is 0 Å². The van der Waals surface area contributed by atoms with E-state index in [9.17, 15) is 0 Å². The number of rotatable bonds is 3. The molecular formula is C12H24S4. The van der Waals surface area contributed by atoms with Crippen molar-refractivity contribution in [2.45, 2.75) is 60.2 Å². The summed E-state index contributed by atoms with van der Waals surface area (Å²) in [4.78, 5) is 0. The second-order valence-electron chi connectivity index (χ2n) is 5.98. The molecule has 0 aromatic rings. The Morgan fingerprint density at radius 1 is 1.06 bits per heavy atom. The molecule has 96 valence electrons. The van der Waals surface area contributed by atoms with Crippen LogP contribution in [0.1, 0.15) is 41.5 Å². The lowest BCUT2D eigenvalue weighted by molar-refractivity contribution is 0.802. The average molecular weight is 297 g/mol. The van der Waals surface area contributed by atoms with Crippen LogP contribution in [0.2, 0.25) is 0 Å². The van der Waals surface area contributed by atoms with Crippen molar-refractivity contribution < 1.29 is 0 Å². The minimum absolute atomic E-state index is 0.407. The third-order valence-electron chi connectivity index (χ3n) is 1.86. The van der Waals surface area contributed by atoms with Crippen LogP contribution < -0.4 is 0 Å². The van der Waals surface area contributed by atoms with Crippen molar-refractivity contribution in [2.75, 3.05) is 11.5 Å². The van der Waals surface area contributed by atoms with Crippen LogP contribution in [-0.4, -0.2) is 30.2 Å². The standard InChI is InChI=1S/C12H24S4/c1-11(2,3)14-8-9-13-7-10(15-9)16-12(4,5)6/h9-10H,7-8H2,1-6H3. The highest BCUT2D eigenvalue weighted by atomic mass is 32.2. The van der Waals surface area contributed by atoms with Gasteiger partial charge in [0.05, 0.1) is 9.16 Å². The molecule has 1 fully saturated rings.